The van der Waals surface area contributed by atoms with Crippen LogP contribution < -0.4 is 10.1 Å². The molecule has 1 unspecified atom stereocenters. The summed E-state index contributed by atoms with van der Waals surface area (Å²) in [5.41, 5.74) is 2.45. The van der Waals surface area contributed by atoms with E-state index in [1.807, 2.05) is 41.8 Å². The van der Waals surface area contributed by atoms with Gasteiger partial charge in [0.1, 0.15) is 22.6 Å². The number of thiazole rings is 1. The van der Waals surface area contributed by atoms with Crippen molar-refractivity contribution in [2.24, 2.45) is 0 Å². The second-order valence-corrected chi connectivity index (χ2v) is 8.87. The second kappa shape index (κ2) is 9.32. The normalized spacial score (nSPS) is 14.8. The lowest BCUT2D eigenvalue weighted by Crippen LogP contribution is -2.19. The molecule has 1 N–H and O–H groups in total. The molecule has 1 aliphatic heterocycles. The number of nitrogens with one attached hydrogen (secondary N) is 1. The first-order valence-electron chi connectivity index (χ1n) is 9.39. The molecule has 3 aromatic rings. The van der Waals surface area contributed by atoms with Crippen molar-refractivity contribution >= 4 is 40.7 Å². The van der Waals surface area contributed by atoms with E-state index in [4.69, 9.17) is 9.47 Å². The molecular weight excluding hydrogens is 420 g/mol. The van der Waals surface area contributed by atoms with E-state index >= 15 is 0 Å². The summed E-state index contributed by atoms with van der Waals surface area (Å²) in [7, 11) is 1.56. The van der Waals surface area contributed by atoms with E-state index in [1.54, 1.807) is 31.0 Å². The smallest absolute Gasteiger partial charge is 0.320 e. The highest BCUT2D eigenvalue weighted by Crippen LogP contribution is 2.37. The Balaban J connectivity index is 1.27. The number of para-hydroxylation sites is 2. The van der Waals surface area contributed by atoms with Crippen LogP contribution in [0.4, 0.5) is 5.69 Å². The zero-order valence-electron chi connectivity index (χ0n) is 16.3. The van der Waals surface area contributed by atoms with Gasteiger partial charge < -0.3 is 14.8 Å². The second-order valence-electron chi connectivity index (χ2n) is 6.68. The number of ether oxygens (including phenoxy) is 2. The molecule has 0 fully saturated rings. The Kier molecular flexibility index (Phi) is 6.35. The van der Waals surface area contributed by atoms with Gasteiger partial charge in [-0.25, -0.2) is 4.98 Å². The number of thioether (sulfide) groups is 1. The predicted octanol–water partition coefficient (Wildman–Crippen LogP) is 4.09. The Morgan fingerprint density at radius 1 is 1.17 bits per heavy atom. The summed E-state index contributed by atoms with van der Waals surface area (Å²) in [5.74, 6) is 0.182. The fraction of sp³-hybridized carbons (Fsp3) is 0.227. The summed E-state index contributed by atoms with van der Waals surface area (Å²) < 4.78 is 10.7. The summed E-state index contributed by atoms with van der Waals surface area (Å²) >= 11 is 2.91. The predicted molar refractivity (Wildman–Crippen MR) is 117 cm³/mol. The van der Waals surface area contributed by atoms with Gasteiger partial charge in [-0.2, -0.15) is 0 Å². The third-order valence-corrected chi connectivity index (χ3v) is 6.76. The number of fused-ring (bicyclic) bond motifs is 1. The number of aromatic nitrogens is 1. The quantitative estimate of drug-likeness (QED) is 0.558. The molecule has 8 heteroatoms. The molecule has 0 radical (unpaired) electrons. The van der Waals surface area contributed by atoms with Crippen LogP contribution in [0.25, 0.3) is 0 Å². The van der Waals surface area contributed by atoms with Crippen molar-refractivity contribution in [1.82, 2.24) is 4.98 Å². The number of methoxy groups -OCH3 is 1. The lowest BCUT2D eigenvalue weighted by atomic mass is 10.1. The number of anilines is 1. The summed E-state index contributed by atoms with van der Waals surface area (Å²) in [6, 6.07) is 15.2. The van der Waals surface area contributed by atoms with E-state index < -0.39 is 0 Å². The fourth-order valence-corrected chi connectivity index (χ4v) is 5.10. The van der Waals surface area contributed by atoms with Crippen LogP contribution in [0.1, 0.15) is 16.3 Å². The summed E-state index contributed by atoms with van der Waals surface area (Å²) in [6.45, 7) is 0.108. The maximum atomic E-state index is 12.4. The van der Waals surface area contributed by atoms with Crippen LogP contribution >= 0.6 is 23.1 Å². The fourth-order valence-electron chi connectivity index (χ4n) is 3.13. The number of esters is 1. The van der Waals surface area contributed by atoms with Crippen molar-refractivity contribution < 1.29 is 19.1 Å². The van der Waals surface area contributed by atoms with E-state index in [0.29, 0.717) is 28.6 Å². The average molecular weight is 441 g/mol. The van der Waals surface area contributed by atoms with E-state index in [2.05, 4.69) is 10.3 Å². The maximum absolute atomic E-state index is 12.4. The van der Waals surface area contributed by atoms with Crippen LogP contribution in [0.2, 0.25) is 0 Å². The Labute approximate surface area is 182 Å². The minimum Gasteiger partial charge on any atom is -0.495 e. The topological polar surface area (TPSA) is 77.5 Å². The van der Waals surface area contributed by atoms with Crippen LogP contribution in [0.15, 0.2) is 58.8 Å². The van der Waals surface area contributed by atoms with E-state index in [9.17, 15) is 9.59 Å². The summed E-state index contributed by atoms with van der Waals surface area (Å²) in [5, 5.41) is 5.09. The molecule has 0 spiro atoms. The van der Waals surface area contributed by atoms with Gasteiger partial charge in [-0.1, -0.05) is 30.3 Å². The molecular formula is C22H20N2O4S2. The minimum absolute atomic E-state index is 0.108. The molecule has 2 aromatic carbocycles. The van der Waals surface area contributed by atoms with Crippen LogP contribution in [0.3, 0.4) is 0 Å². The zero-order chi connectivity index (χ0) is 20.9. The standard InChI is InChI=1S/C22H20N2O4S2/c1-27-17-8-4-3-7-16(17)24-20(25)11-21-23-15(13-29-21)12-28-22(26)19-10-14-6-2-5-9-18(14)30-19/h2-9,13,19H,10-12H2,1H3,(H,24,25). The van der Waals surface area contributed by atoms with Crippen LogP contribution in [0.5, 0.6) is 5.75 Å². The molecule has 0 saturated carbocycles. The molecule has 0 saturated heterocycles. The van der Waals surface area contributed by atoms with Crippen LogP contribution in [-0.2, 0) is 33.8 Å². The van der Waals surface area contributed by atoms with Gasteiger partial charge in [0.05, 0.1) is 24.9 Å². The SMILES string of the molecule is COc1ccccc1NC(=O)Cc1nc(COC(=O)C2Cc3ccccc3S2)cs1. The Hall–Kier alpha value is -2.84. The van der Waals surface area contributed by atoms with Gasteiger partial charge >= 0.3 is 5.97 Å². The first kappa shape index (κ1) is 20.4. The van der Waals surface area contributed by atoms with E-state index in [-0.39, 0.29) is 30.2 Å². The molecule has 154 valence electrons. The van der Waals surface area contributed by atoms with Gasteiger partial charge in [0.25, 0.3) is 0 Å². The minimum atomic E-state index is -0.236. The van der Waals surface area contributed by atoms with Gasteiger partial charge in [0.2, 0.25) is 5.91 Å². The molecule has 0 bridgehead atoms. The van der Waals surface area contributed by atoms with Crippen molar-refractivity contribution in [2.45, 2.75) is 29.6 Å². The number of benzene rings is 2. The molecule has 6 nitrogen and oxygen atoms in total. The van der Waals surface area contributed by atoms with Crippen molar-refractivity contribution in [3.63, 3.8) is 0 Å². The monoisotopic (exact) mass is 440 g/mol. The van der Waals surface area contributed by atoms with Crippen LogP contribution in [-0.4, -0.2) is 29.2 Å². The van der Waals surface area contributed by atoms with Gasteiger partial charge in [-0.3, -0.25) is 9.59 Å². The lowest BCUT2D eigenvalue weighted by Gasteiger charge is -2.09. The van der Waals surface area contributed by atoms with Gasteiger partial charge in [-0.05, 0) is 30.2 Å². The molecule has 4 rings (SSSR count). The number of carbonyl (C=O) groups is 2. The number of hydrogen-bond acceptors (Lipinski definition) is 7. The van der Waals surface area contributed by atoms with Crippen molar-refractivity contribution in [1.29, 1.82) is 0 Å². The molecule has 1 amide bonds. The molecule has 2 heterocycles. The van der Waals surface area contributed by atoms with Crippen LogP contribution in [0, 0.1) is 0 Å². The molecule has 1 aliphatic rings. The lowest BCUT2D eigenvalue weighted by molar-refractivity contribution is -0.144. The Morgan fingerprint density at radius 2 is 1.97 bits per heavy atom. The number of hydrogen-bond donors (Lipinski definition) is 1. The first-order valence-corrected chi connectivity index (χ1v) is 11.2. The Morgan fingerprint density at radius 3 is 2.80 bits per heavy atom. The average Bonchev–Trinajstić information content (AvgIpc) is 3.39. The highest BCUT2D eigenvalue weighted by molar-refractivity contribution is 8.01. The van der Waals surface area contributed by atoms with Crippen molar-refractivity contribution in [3.05, 3.63) is 70.2 Å². The molecule has 1 atom stereocenters. The number of carbonyl (C=O) groups excluding carboxylic acids is 2. The van der Waals surface area contributed by atoms with Crippen molar-refractivity contribution in [2.75, 3.05) is 12.4 Å². The first-order chi connectivity index (χ1) is 14.6. The number of amides is 1. The molecule has 0 aliphatic carbocycles. The van der Waals surface area contributed by atoms with Gasteiger partial charge in [0.15, 0.2) is 0 Å². The van der Waals surface area contributed by atoms with Gasteiger partial charge in [-0.15, -0.1) is 23.1 Å². The van der Waals surface area contributed by atoms with E-state index in [0.717, 1.165) is 4.90 Å². The summed E-state index contributed by atoms with van der Waals surface area (Å²) in [4.78, 5) is 30.3. The largest absolute Gasteiger partial charge is 0.495 e. The van der Waals surface area contributed by atoms with Gasteiger partial charge in [0, 0.05) is 10.3 Å². The third kappa shape index (κ3) is 4.83. The molecule has 30 heavy (non-hydrogen) atoms. The highest BCUT2D eigenvalue weighted by Gasteiger charge is 2.29. The number of nitrogens with zero attached hydrogens (tertiary/aromatic N) is 1. The summed E-state index contributed by atoms with van der Waals surface area (Å²) in [6.07, 6.45) is 0.829. The zero-order valence-corrected chi connectivity index (χ0v) is 17.9. The third-order valence-electron chi connectivity index (χ3n) is 4.56. The number of rotatable bonds is 7. The Bertz CT molecular complexity index is 1040. The van der Waals surface area contributed by atoms with E-state index in [1.165, 1.54) is 16.9 Å². The molecule has 1 aromatic heterocycles. The van der Waals surface area contributed by atoms with Crippen molar-refractivity contribution in [3.8, 4) is 5.75 Å². The maximum Gasteiger partial charge on any atom is 0.320 e. The highest BCUT2D eigenvalue weighted by atomic mass is 32.2.